The minimum absolute atomic E-state index is 0.295. The summed E-state index contributed by atoms with van der Waals surface area (Å²) in [5, 5.41) is 2.28. The summed E-state index contributed by atoms with van der Waals surface area (Å²) in [7, 11) is 1.41. The summed E-state index contributed by atoms with van der Waals surface area (Å²) in [4.78, 5) is 22.7. The van der Waals surface area contributed by atoms with E-state index >= 15 is 0 Å². The van der Waals surface area contributed by atoms with E-state index in [1.165, 1.54) is 13.1 Å². The van der Waals surface area contributed by atoms with Crippen LogP contribution in [0.1, 0.15) is 10.4 Å². The molecule has 1 aliphatic rings. The first-order chi connectivity index (χ1) is 7.72. The van der Waals surface area contributed by atoms with E-state index in [4.69, 9.17) is 9.47 Å². The van der Waals surface area contributed by atoms with E-state index in [0.29, 0.717) is 30.3 Å². The molecular formula is C11H11NO4. The van der Waals surface area contributed by atoms with Gasteiger partial charge >= 0.3 is 0 Å². The molecule has 1 aromatic rings. The number of fused-ring (bicyclic) bond motifs is 1. The van der Waals surface area contributed by atoms with Crippen LogP contribution in [0, 0.1) is 0 Å². The molecular weight excluding hydrogens is 210 g/mol. The maximum absolute atomic E-state index is 11.6. The van der Waals surface area contributed by atoms with Crippen molar-refractivity contribution in [1.82, 2.24) is 5.32 Å². The molecule has 0 spiro atoms. The lowest BCUT2D eigenvalue weighted by atomic mass is 10.1. The van der Waals surface area contributed by atoms with Gasteiger partial charge in [0.1, 0.15) is 13.2 Å². The van der Waals surface area contributed by atoms with E-state index in [0.717, 1.165) is 0 Å². The Morgan fingerprint density at radius 3 is 2.56 bits per heavy atom. The summed E-state index contributed by atoms with van der Waals surface area (Å²) in [5.41, 5.74) is 0.295. The summed E-state index contributed by atoms with van der Waals surface area (Å²) < 4.78 is 10.6. The summed E-state index contributed by atoms with van der Waals surface area (Å²) in [5.74, 6) is -0.128. The highest BCUT2D eigenvalue weighted by atomic mass is 16.6. The number of Topliss-reactive ketones (excluding diaryl/α,β-unsaturated/α-hetero) is 1. The van der Waals surface area contributed by atoms with Crippen molar-refractivity contribution in [3.8, 4) is 11.5 Å². The van der Waals surface area contributed by atoms with Crippen LogP contribution in [0.3, 0.4) is 0 Å². The molecule has 0 unspecified atom stereocenters. The Bertz CT molecular complexity index is 442. The number of ether oxygens (including phenoxy) is 2. The summed E-state index contributed by atoms with van der Waals surface area (Å²) >= 11 is 0. The third-order valence-electron chi connectivity index (χ3n) is 2.24. The van der Waals surface area contributed by atoms with Crippen LogP contribution in [0.15, 0.2) is 18.2 Å². The lowest BCUT2D eigenvalue weighted by molar-refractivity contribution is -0.116. The molecule has 0 aliphatic carbocycles. The van der Waals surface area contributed by atoms with Crippen LogP contribution in [0.25, 0.3) is 0 Å². The average Bonchev–Trinajstić information content (AvgIpc) is 2.36. The number of hydrogen-bond donors (Lipinski definition) is 1. The number of carbonyl (C=O) groups is 2. The lowest BCUT2D eigenvalue weighted by Gasteiger charge is -2.18. The van der Waals surface area contributed by atoms with Crippen LogP contribution in [-0.4, -0.2) is 32.0 Å². The average molecular weight is 221 g/mol. The Hall–Kier alpha value is -2.04. The Balaban J connectivity index is 2.30. The predicted molar refractivity (Wildman–Crippen MR) is 55.8 cm³/mol. The highest BCUT2D eigenvalue weighted by molar-refractivity contribution is 6.42. The Morgan fingerprint density at radius 2 is 1.88 bits per heavy atom. The fraction of sp³-hybridized carbons (Fsp3) is 0.273. The molecule has 0 bridgehead atoms. The predicted octanol–water partition coefficient (Wildman–Crippen LogP) is 0.386. The van der Waals surface area contributed by atoms with Gasteiger partial charge in [-0.2, -0.15) is 0 Å². The van der Waals surface area contributed by atoms with Crippen molar-refractivity contribution in [2.75, 3.05) is 20.3 Å². The number of benzene rings is 1. The number of carbonyl (C=O) groups excluding carboxylic acids is 2. The van der Waals surface area contributed by atoms with Gasteiger partial charge in [0.15, 0.2) is 11.5 Å². The minimum atomic E-state index is -0.642. The number of nitrogens with one attached hydrogen (secondary N) is 1. The van der Waals surface area contributed by atoms with Crippen molar-refractivity contribution >= 4 is 11.7 Å². The molecule has 1 heterocycles. The quantitative estimate of drug-likeness (QED) is 0.579. The zero-order chi connectivity index (χ0) is 11.5. The van der Waals surface area contributed by atoms with Crippen LogP contribution in [-0.2, 0) is 4.79 Å². The second-order valence-electron chi connectivity index (χ2n) is 3.27. The summed E-state index contributed by atoms with van der Waals surface area (Å²) in [6, 6.07) is 4.70. The first kappa shape index (κ1) is 10.5. The Morgan fingerprint density at radius 1 is 1.19 bits per heavy atom. The van der Waals surface area contributed by atoms with Gasteiger partial charge in [0.25, 0.3) is 5.91 Å². The van der Waals surface area contributed by atoms with Gasteiger partial charge < -0.3 is 14.8 Å². The van der Waals surface area contributed by atoms with Crippen molar-refractivity contribution in [2.24, 2.45) is 0 Å². The molecule has 1 N–H and O–H groups in total. The van der Waals surface area contributed by atoms with Crippen molar-refractivity contribution in [3.05, 3.63) is 23.8 Å². The van der Waals surface area contributed by atoms with E-state index in [2.05, 4.69) is 5.32 Å². The van der Waals surface area contributed by atoms with Gasteiger partial charge in [-0.25, -0.2) is 0 Å². The number of ketones is 1. The number of rotatable bonds is 2. The van der Waals surface area contributed by atoms with Crippen molar-refractivity contribution in [1.29, 1.82) is 0 Å². The number of amides is 1. The first-order valence-corrected chi connectivity index (χ1v) is 4.88. The van der Waals surface area contributed by atoms with Crippen LogP contribution in [0.5, 0.6) is 11.5 Å². The molecule has 2 rings (SSSR count). The minimum Gasteiger partial charge on any atom is -0.486 e. The molecule has 0 fully saturated rings. The number of likely N-dealkylation sites (N-methyl/N-ethyl adjacent to an activating group) is 1. The maximum atomic E-state index is 11.6. The fourth-order valence-corrected chi connectivity index (χ4v) is 1.43. The van der Waals surface area contributed by atoms with Gasteiger partial charge in [-0.05, 0) is 18.2 Å². The third-order valence-corrected chi connectivity index (χ3v) is 2.24. The maximum Gasteiger partial charge on any atom is 0.292 e. The molecule has 5 heteroatoms. The highest BCUT2D eigenvalue weighted by Gasteiger charge is 2.18. The molecule has 1 aromatic carbocycles. The Labute approximate surface area is 92.4 Å². The molecule has 0 aromatic heterocycles. The van der Waals surface area contributed by atoms with Crippen LogP contribution >= 0.6 is 0 Å². The van der Waals surface area contributed by atoms with Gasteiger partial charge in [-0.3, -0.25) is 9.59 Å². The molecule has 0 saturated heterocycles. The molecule has 0 atom stereocenters. The van der Waals surface area contributed by atoms with E-state index < -0.39 is 11.7 Å². The largest absolute Gasteiger partial charge is 0.486 e. The fourth-order valence-electron chi connectivity index (χ4n) is 1.43. The normalized spacial score (nSPS) is 13.1. The lowest BCUT2D eigenvalue weighted by Crippen LogP contribution is -2.27. The smallest absolute Gasteiger partial charge is 0.292 e. The van der Waals surface area contributed by atoms with Gasteiger partial charge in [-0.1, -0.05) is 0 Å². The first-order valence-electron chi connectivity index (χ1n) is 4.88. The molecule has 16 heavy (non-hydrogen) atoms. The summed E-state index contributed by atoms with van der Waals surface area (Å²) in [6.07, 6.45) is 0. The van der Waals surface area contributed by atoms with E-state index in [-0.39, 0.29) is 0 Å². The van der Waals surface area contributed by atoms with Crippen molar-refractivity contribution in [3.63, 3.8) is 0 Å². The second-order valence-corrected chi connectivity index (χ2v) is 3.27. The van der Waals surface area contributed by atoms with Crippen molar-refractivity contribution in [2.45, 2.75) is 0 Å². The standard InChI is InChI=1S/C11H11NO4/c1-12-11(14)10(13)7-2-3-8-9(6-7)16-5-4-15-8/h2-3,6H,4-5H2,1H3,(H,12,14). The molecule has 1 aliphatic heterocycles. The van der Waals surface area contributed by atoms with E-state index in [1.54, 1.807) is 12.1 Å². The zero-order valence-electron chi connectivity index (χ0n) is 8.78. The monoisotopic (exact) mass is 221 g/mol. The molecule has 5 nitrogen and oxygen atoms in total. The number of hydrogen-bond acceptors (Lipinski definition) is 4. The molecule has 1 amide bonds. The highest BCUT2D eigenvalue weighted by Crippen LogP contribution is 2.30. The molecule has 0 radical (unpaired) electrons. The van der Waals surface area contributed by atoms with Gasteiger partial charge in [-0.15, -0.1) is 0 Å². The summed E-state index contributed by atoms with van der Waals surface area (Å²) in [6.45, 7) is 0.945. The topological polar surface area (TPSA) is 64.6 Å². The van der Waals surface area contributed by atoms with E-state index in [1.807, 2.05) is 0 Å². The van der Waals surface area contributed by atoms with Crippen molar-refractivity contribution < 1.29 is 19.1 Å². The van der Waals surface area contributed by atoms with Crippen LogP contribution in [0.2, 0.25) is 0 Å². The van der Waals surface area contributed by atoms with Crippen LogP contribution in [0.4, 0.5) is 0 Å². The van der Waals surface area contributed by atoms with Gasteiger partial charge in [0.2, 0.25) is 5.78 Å². The zero-order valence-corrected chi connectivity index (χ0v) is 8.78. The Kier molecular flexibility index (Phi) is 2.76. The second kappa shape index (κ2) is 4.22. The molecule has 84 valence electrons. The van der Waals surface area contributed by atoms with Gasteiger partial charge in [0, 0.05) is 12.6 Å². The SMILES string of the molecule is CNC(=O)C(=O)c1ccc2c(c1)OCCO2. The van der Waals surface area contributed by atoms with E-state index in [9.17, 15) is 9.59 Å². The van der Waals surface area contributed by atoms with Gasteiger partial charge in [0.05, 0.1) is 0 Å². The molecule has 0 saturated carbocycles. The third kappa shape index (κ3) is 1.84. The van der Waals surface area contributed by atoms with Crippen LogP contribution < -0.4 is 14.8 Å².